The van der Waals surface area contributed by atoms with E-state index in [0.29, 0.717) is 22.3 Å². The molecule has 1 heterocycles. The van der Waals surface area contributed by atoms with Crippen molar-refractivity contribution in [3.8, 4) is 5.69 Å². The average molecular weight is 467 g/mol. The second-order valence-electron chi connectivity index (χ2n) is 7.74. The van der Waals surface area contributed by atoms with Gasteiger partial charge in [-0.3, -0.25) is 24.3 Å². The fraction of sp³-hybridized carbons (Fsp3) is 0.273. The quantitative estimate of drug-likeness (QED) is 0.291. The van der Waals surface area contributed by atoms with Crippen LogP contribution in [0.3, 0.4) is 0 Å². The standard InChI is InChI=1S/C22H22N6O4S/c1-13-5-3-8-18(28(31)32)20(13)24-19(30)12-33-22-26-25-21(15-9-10-15)27(22)17-7-4-6-16(11-17)23-14(2)29/h3-8,11,15H,9-10,12H2,1-2H3,(H,23,29)(H,24,30). The number of hydrogen-bond acceptors (Lipinski definition) is 7. The maximum absolute atomic E-state index is 12.6. The number of para-hydroxylation sites is 1. The van der Waals surface area contributed by atoms with Crippen LogP contribution >= 0.6 is 11.8 Å². The van der Waals surface area contributed by atoms with Gasteiger partial charge in [-0.2, -0.15) is 0 Å². The molecule has 10 nitrogen and oxygen atoms in total. The molecule has 1 saturated carbocycles. The SMILES string of the molecule is CC(=O)Nc1cccc(-n2c(SCC(=O)Nc3c(C)cccc3[N+](=O)[O-])nnc2C2CC2)c1. The zero-order valence-corrected chi connectivity index (χ0v) is 18.9. The molecule has 0 atom stereocenters. The fourth-order valence-corrected chi connectivity index (χ4v) is 4.18. The number of nitro benzene ring substituents is 1. The van der Waals surface area contributed by atoms with E-state index in [4.69, 9.17) is 0 Å². The van der Waals surface area contributed by atoms with E-state index in [2.05, 4.69) is 20.8 Å². The number of nitro groups is 1. The van der Waals surface area contributed by atoms with Crippen LogP contribution in [0.2, 0.25) is 0 Å². The number of nitrogens with zero attached hydrogens (tertiary/aromatic N) is 4. The molecule has 0 unspecified atom stereocenters. The van der Waals surface area contributed by atoms with Crippen LogP contribution in [-0.4, -0.2) is 37.3 Å². The lowest BCUT2D eigenvalue weighted by Crippen LogP contribution is -2.16. The van der Waals surface area contributed by atoms with Gasteiger partial charge in [-0.05, 0) is 43.5 Å². The number of benzene rings is 2. The molecule has 1 aliphatic rings. The molecule has 2 amide bonds. The molecule has 2 aromatic carbocycles. The van der Waals surface area contributed by atoms with Crippen LogP contribution in [0.5, 0.6) is 0 Å². The van der Waals surface area contributed by atoms with Crippen LogP contribution in [0.15, 0.2) is 47.6 Å². The molecule has 1 aromatic heterocycles. The van der Waals surface area contributed by atoms with Gasteiger partial charge in [-0.25, -0.2) is 0 Å². The Balaban J connectivity index is 1.55. The molecular weight excluding hydrogens is 444 g/mol. The Hall–Kier alpha value is -3.73. The minimum Gasteiger partial charge on any atom is -0.326 e. The molecule has 0 saturated heterocycles. The largest absolute Gasteiger partial charge is 0.326 e. The summed E-state index contributed by atoms with van der Waals surface area (Å²) in [6.45, 7) is 3.15. The summed E-state index contributed by atoms with van der Waals surface area (Å²) in [6.07, 6.45) is 2.04. The third-order valence-electron chi connectivity index (χ3n) is 5.07. The van der Waals surface area contributed by atoms with Crippen LogP contribution < -0.4 is 10.6 Å². The van der Waals surface area contributed by atoms with Gasteiger partial charge < -0.3 is 10.6 Å². The van der Waals surface area contributed by atoms with Gasteiger partial charge >= 0.3 is 0 Å². The molecule has 0 spiro atoms. The number of rotatable bonds is 8. The van der Waals surface area contributed by atoms with Gasteiger partial charge in [-0.15, -0.1) is 10.2 Å². The van der Waals surface area contributed by atoms with Crippen molar-refractivity contribution in [3.63, 3.8) is 0 Å². The molecule has 1 aliphatic carbocycles. The van der Waals surface area contributed by atoms with Crippen molar-refractivity contribution < 1.29 is 14.5 Å². The van der Waals surface area contributed by atoms with Crippen molar-refractivity contribution in [2.75, 3.05) is 16.4 Å². The van der Waals surface area contributed by atoms with Crippen LogP contribution in [0.4, 0.5) is 17.1 Å². The Labute approximate surface area is 193 Å². The van der Waals surface area contributed by atoms with E-state index in [9.17, 15) is 19.7 Å². The molecule has 0 bridgehead atoms. The highest BCUT2D eigenvalue weighted by molar-refractivity contribution is 7.99. The number of anilines is 2. The van der Waals surface area contributed by atoms with Crippen molar-refractivity contribution in [2.45, 2.75) is 37.8 Å². The van der Waals surface area contributed by atoms with Gasteiger partial charge in [0.1, 0.15) is 11.5 Å². The van der Waals surface area contributed by atoms with Gasteiger partial charge in [0.15, 0.2) is 5.16 Å². The van der Waals surface area contributed by atoms with Gasteiger partial charge in [0, 0.05) is 24.6 Å². The first-order chi connectivity index (χ1) is 15.8. The van der Waals surface area contributed by atoms with E-state index in [-0.39, 0.29) is 28.9 Å². The Morgan fingerprint density at radius 2 is 1.94 bits per heavy atom. The van der Waals surface area contributed by atoms with E-state index in [1.807, 2.05) is 22.8 Å². The van der Waals surface area contributed by atoms with Crippen molar-refractivity contribution in [1.29, 1.82) is 0 Å². The van der Waals surface area contributed by atoms with Gasteiger partial charge in [-0.1, -0.05) is 30.0 Å². The topological polar surface area (TPSA) is 132 Å². The molecular formula is C22H22N6O4S. The maximum atomic E-state index is 12.6. The Kier molecular flexibility index (Phi) is 6.40. The summed E-state index contributed by atoms with van der Waals surface area (Å²) in [7, 11) is 0. The minimum absolute atomic E-state index is 0.000322. The Morgan fingerprint density at radius 3 is 2.64 bits per heavy atom. The van der Waals surface area contributed by atoms with Crippen LogP contribution in [-0.2, 0) is 9.59 Å². The zero-order valence-electron chi connectivity index (χ0n) is 18.1. The summed E-state index contributed by atoms with van der Waals surface area (Å²) in [5.74, 6) is 0.564. The summed E-state index contributed by atoms with van der Waals surface area (Å²) < 4.78 is 1.90. The Bertz CT molecular complexity index is 1240. The second-order valence-corrected chi connectivity index (χ2v) is 8.69. The molecule has 4 rings (SSSR count). The van der Waals surface area contributed by atoms with Gasteiger partial charge in [0.05, 0.1) is 16.4 Å². The molecule has 33 heavy (non-hydrogen) atoms. The van der Waals surface area contributed by atoms with Crippen molar-refractivity contribution in [1.82, 2.24) is 14.8 Å². The normalized spacial score (nSPS) is 12.9. The van der Waals surface area contributed by atoms with Gasteiger partial charge in [0.2, 0.25) is 11.8 Å². The van der Waals surface area contributed by atoms with Crippen molar-refractivity contribution in [3.05, 3.63) is 64.0 Å². The number of carbonyl (C=O) groups is 2. The summed E-state index contributed by atoms with van der Waals surface area (Å²) >= 11 is 1.20. The van der Waals surface area contributed by atoms with Crippen molar-refractivity contribution >= 4 is 40.6 Å². The number of amides is 2. The van der Waals surface area contributed by atoms with Crippen molar-refractivity contribution in [2.24, 2.45) is 0 Å². The third kappa shape index (κ3) is 5.20. The predicted octanol–water partition coefficient (Wildman–Crippen LogP) is 4.05. The number of aromatic nitrogens is 3. The van der Waals surface area contributed by atoms with Crippen LogP contribution in [0, 0.1) is 17.0 Å². The van der Waals surface area contributed by atoms with Gasteiger partial charge in [0.25, 0.3) is 5.69 Å². The predicted molar refractivity (Wildman–Crippen MR) is 125 cm³/mol. The molecule has 3 aromatic rings. The Morgan fingerprint density at radius 1 is 1.18 bits per heavy atom. The highest BCUT2D eigenvalue weighted by Crippen LogP contribution is 2.41. The van der Waals surface area contributed by atoms with Crippen LogP contribution in [0.25, 0.3) is 5.69 Å². The lowest BCUT2D eigenvalue weighted by Gasteiger charge is -2.12. The first-order valence-corrected chi connectivity index (χ1v) is 11.3. The highest BCUT2D eigenvalue weighted by Gasteiger charge is 2.31. The molecule has 0 aliphatic heterocycles. The molecule has 2 N–H and O–H groups in total. The van der Waals surface area contributed by atoms with E-state index >= 15 is 0 Å². The molecule has 0 radical (unpaired) electrons. The first-order valence-electron chi connectivity index (χ1n) is 10.3. The smallest absolute Gasteiger partial charge is 0.293 e. The van der Waals surface area contributed by atoms with E-state index in [1.165, 1.54) is 24.8 Å². The maximum Gasteiger partial charge on any atom is 0.293 e. The number of hydrogen-bond donors (Lipinski definition) is 2. The second kappa shape index (κ2) is 9.41. The zero-order chi connectivity index (χ0) is 23.5. The van der Waals surface area contributed by atoms with E-state index < -0.39 is 4.92 Å². The molecule has 170 valence electrons. The lowest BCUT2D eigenvalue weighted by atomic mass is 10.1. The molecule has 11 heteroatoms. The van der Waals surface area contributed by atoms with E-state index in [1.54, 1.807) is 25.1 Å². The lowest BCUT2D eigenvalue weighted by molar-refractivity contribution is -0.384. The number of carbonyl (C=O) groups excluding carboxylic acids is 2. The third-order valence-corrected chi connectivity index (χ3v) is 6.00. The average Bonchev–Trinajstić information content (AvgIpc) is 3.52. The molecule has 1 fully saturated rings. The van der Waals surface area contributed by atoms with Crippen LogP contribution in [0.1, 0.15) is 37.1 Å². The van der Waals surface area contributed by atoms with E-state index in [0.717, 1.165) is 24.4 Å². The number of thioether (sulfide) groups is 1. The monoisotopic (exact) mass is 466 g/mol. The number of aryl methyl sites for hydroxylation is 1. The first kappa shape index (κ1) is 22.5. The summed E-state index contributed by atoms with van der Waals surface area (Å²) in [5, 5.41) is 25.9. The summed E-state index contributed by atoms with van der Waals surface area (Å²) in [6, 6.07) is 12.0. The highest BCUT2D eigenvalue weighted by atomic mass is 32.2. The fourth-order valence-electron chi connectivity index (χ4n) is 3.42. The summed E-state index contributed by atoms with van der Waals surface area (Å²) in [4.78, 5) is 34.9. The number of nitrogens with one attached hydrogen (secondary N) is 2. The minimum atomic E-state index is -0.517. The summed E-state index contributed by atoms with van der Waals surface area (Å²) in [5.41, 5.74) is 2.08.